The van der Waals surface area contributed by atoms with Gasteiger partial charge in [-0.05, 0) is 43.2 Å². The number of hydrogen-bond donors (Lipinski definition) is 3. The molecule has 30 heavy (non-hydrogen) atoms. The fourth-order valence-corrected chi connectivity index (χ4v) is 4.99. The number of nitrogens with zero attached hydrogens (tertiary/aromatic N) is 4. The topological polar surface area (TPSA) is 137 Å². The van der Waals surface area contributed by atoms with E-state index in [4.69, 9.17) is 21.8 Å². The van der Waals surface area contributed by atoms with Crippen LogP contribution in [0.25, 0.3) is 10.4 Å². The zero-order chi connectivity index (χ0) is 21.1. The second-order valence-corrected chi connectivity index (χ2v) is 8.70. The number of aliphatic hydroxyl groups is 2. The van der Waals surface area contributed by atoms with Gasteiger partial charge >= 0.3 is 11.7 Å². The van der Waals surface area contributed by atoms with E-state index in [1.54, 1.807) is 12.1 Å². The van der Waals surface area contributed by atoms with Crippen molar-refractivity contribution in [3.63, 3.8) is 0 Å². The molecule has 4 N–H and O–H groups in total. The molecule has 2 saturated carbocycles. The first-order valence-corrected chi connectivity index (χ1v) is 10.1. The van der Waals surface area contributed by atoms with Crippen LogP contribution in [0.2, 0.25) is 0 Å². The van der Waals surface area contributed by atoms with Crippen LogP contribution < -0.4 is 5.73 Å². The maximum Gasteiger partial charge on any atom is 0.400 e. The number of fused-ring (bicyclic) bond motifs is 1. The predicted molar refractivity (Wildman–Crippen MR) is 103 cm³/mol. The summed E-state index contributed by atoms with van der Waals surface area (Å²) >= 11 is 0. The Kier molecular flexibility index (Phi) is 4.25. The first-order chi connectivity index (χ1) is 14.4. The Morgan fingerprint density at radius 3 is 2.83 bits per heavy atom. The third-order valence-corrected chi connectivity index (χ3v) is 6.95. The van der Waals surface area contributed by atoms with E-state index in [0.29, 0.717) is 16.6 Å². The van der Waals surface area contributed by atoms with Crippen molar-refractivity contribution >= 4 is 17.3 Å². The molecule has 0 amide bonds. The monoisotopic (exact) mass is 413 g/mol. The second-order valence-electron chi connectivity index (χ2n) is 8.70. The predicted octanol–water partition coefficient (Wildman–Crippen LogP) is 0.844. The van der Waals surface area contributed by atoms with Crippen LogP contribution in [0.4, 0.5) is 5.82 Å². The van der Waals surface area contributed by atoms with Gasteiger partial charge in [0.2, 0.25) is 0 Å². The van der Waals surface area contributed by atoms with Crippen molar-refractivity contribution in [2.75, 3.05) is 12.3 Å². The minimum Gasteiger partial charge on any atom is -0.454 e. The summed E-state index contributed by atoms with van der Waals surface area (Å²) in [6, 6.07) is 3.30. The van der Waals surface area contributed by atoms with Gasteiger partial charge in [0.1, 0.15) is 24.1 Å². The standard InChI is InChI=1S/C20H23N5O5/c1-22-20(9-29-18(28)11-7-19(8-11)5-2-6-19)16(27)14(26)15(30-20)12-3-4-13-17(21)23-10-24-25(12)13/h3-4,10-11,14-16,26-27H,2,5-9H2,(H2,21,23,24)/t14-,15-,16-,20+/m0/s1. The van der Waals surface area contributed by atoms with Crippen LogP contribution >= 0.6 is 0 Å². The van der Waals surface area contributed by atoms with E-state index in [9.17, 15) is 15.0 Å². The zero-order valence-corrected chi connectivity index (χ0v) is 16.3. The minimum absolute atomic E-state index is 0.165. The fraction of sp³-hybridized carbons (Fsp3) is 0.600. The fourth-order valence-electron chi connectivity index (χ4n) is 4.99. The van der Waals surface area contributed by atoms with Gasteiger partial charge in [-0.2, -0.15) is 5.10 Å². The maximum atomic E-state index is 12.4. The highest BCUT2D eigenvalue weighted by atomic mass is 16.6. The van der Waals surface area contributed by atoms with Gasteiger partial charge in [0, 0.05) is 0 Å². The maximum absolute atomic E-state index is 12.4. The Balaban J connectivity index is 1.32. The molecule has 3 heterocycles. The molecular formula is C20H23N5O5. The van der Waals surface area contributed by atoms with Crippen molar-refractivity contribution in [2.45, 2.75) is 56.1 Å². The van der Waals surface area contributed by atoms with E-state index in [2.05, 4.69) is 14.9 Å². The lowest BCUT2D eigenvalue weighted by Gasteiger charge is -2.53. The highest BCUT2D eigenvalue weighted by Crippen LogP contribution is 2.59. The number of nitrogens with two attached hydrogens (primary N) is 1. The van der Waals surface area contributed by atoms with Crippen LogP contribution in [0, 0.1) is 17.9 Å². The van der Waals surface area contributed by atoms with E-state index in [1.165, 1.54) is 17.3 Å². The molecule has 10 nitrogen and oxygen atoms in total. The SMILES string of the molecule is [C-]#[N+][C@]1(COC(=O)C2CC3(CCC3)C2)O[C@@H](c2ccc3c(N)ncnn23)[C@H](O)[C@@H]1O. The van der Waals surface area contributed by atoms with Crippen LogP contribution in [0.5, 0.6) is 0 Å². The van der Waals surface area contributed by atoms with Crippen LogP contribution in [0.15, 0.2) is 18.5 Å². The molecule has 10 heteroatoms. The molecule has 4 atom stereocenters. The molecule has 0 aromatic carbocycles. The quantitative estimate of drug-likeness (QED) is 0.496. The molecule has 1 saturated heterocycles. The second kappa shape index (κ2) is 6.63. The summed E-state index contributed by atoms with van der Waals surface area (Å²) in [6.45, 7) is 7.13. The summed E-state index contributed by atoms with van der Waals surface area (Å²) < 4.78 is 12.6. The number of aliphatic hydroxyl groups excluding tert-OH is 2. The third-order valence-electron chi connectivity index (χ3n) is 6.95. The van der Waals surface area contributed by atoms with Crippen molar-refractivity contribution in [1.29, 1.82) is 0 Å². The minimum atomic E-state index is -1.89. The van der Waals surface area contributed by atoms with Gasteiger partial charge in [-0.1, -0.05) is 6.42 Å². The van der Waals surface area contributed by atoms with Crippen molar-refractivity contribution < 1.29 is 24.5 Å². The van der Waals surface area contributed by atoms with Crippen LogP contribution in [0.3, 0.4) is 0 Å². The molecule has 2 aliphatic carbocycles. The average Bonchev–Trinajstić information content (AvgIpc) is 3.20. The van der Waals surface area contributed by atoms with Crippen molar-refractivity contribution in [2.24, 2.45) is 11.3 Å². The molecule has 2 aromatic rings. The van der Waals surface area contributed by atoms with E-state index in [1.807, 2.05) is 0 Å². The number of ether oxygens (including phenoxy) is 2. The van der Waals surface area contributed by atoms with Crippen molar-refractivity contribution in [1.82, 2.24) is 14.6 Å². The molecular weight excluding hydrogens is 390 g/mol. The molecule has 5 rings (SSSR count). The Bertz CT molecular complexity index is 1040. The number of hydrogen-bond acceptors (Lipinski definition) is 8. The number of carbonyl (C=O) groups is 1. The summed E-state index contributed by atoms with van der Waals surface area (Å²) in [5.41, 5.74) is 5.20. The number of nitrogen functional groups attached to an aromatic ring is 1. The van der Waals surface area contributed by atoms with Gasteiger partial charge < -0.3 is 20.7 Å². The van der Waals surface area contributed by atoms with Crippen molar-refractivity contribution in [3.05, 3.63) is 35.6 Å². The smallest absolute Gasteiger partial charge is 0.400 e. The molecule has 3 fully saturated rings. The first kappa shape index (κ1) is 19.2. The van der Waals surface area contributed by atoms with Gasteiger partial charge in [0.05, 0.1) is 11.6 Å². The lowest BCUT2D eigenvalue weighted by molar-refractivity contribution is -0.171. The largest absolute Gasteiger partial charge is 0.454 e. The van der Waals surface area contributed by atoms with Gasteiger partial charge in [-0.3, -0.25) is 14.4 Å². The summed E-state index contributed by atoms with van der Waals surface area (Å²) in [5.74, 6) is -0.293. The Morgan fingerprint density at radius 2 is 2.17 bits per heavy atom. The third kappa shape index (κ3) is 2.70. The number of carbonyl (C=O) groups excluding carboxylic acids is 1. The number of aromatic nitrogens is 3. The van der Waals surface area contributed by atoms with Gasteiger partial charge in [0.15, 0.2) is 18.5 Å². The van der Waals surface area contributed by atoms with E-state index in [-0.39, 0.29) is 17.7 Å². The molecule has 158 valence electrons. The highest BCUT2D eigenvalue weighted by Gasteiger charge is 2.63. The number of esters is 1. The first-order valence-electron chi connectivity index (χ1n) is 10.1. The normalized spacial score (nSPS) is 32.5. The van der Waals surface area contributed by atoms with Gasteiger partial charge in [-0.25, -0.2) is 16.1 Å². The average molecular weight is 413 g/mol. The molecule has 2 aromatic heterocycles. The Labute approximate surface area is 172 Å². The lowest BCUT2D eigenvalue weighted by Crippen LogP contribution is -2.48. The highest BCUT2D eigenvalue weighted by molar-refractivity contribution is 5.74. The molecule has 1 aliphatic heterocycles. The van der Waals surface area contributed by atoms with Crippen LogP contribution in [-0.4, -0.2) is 55.3 Å². The van der Waals surface area contributed by atoms with E-state index >= 15 is 0 Å². The van der Waals surface area contributed by atoms with Crippen molar-refractivity contribution in [3.8, 4) is 0 Å². The number of anilines is 1. The summed E-state index contributed by atoms with van der Waals surface area (Å²) in [4.78, 5) is 19.7. The Morgan fingerprint density at radius 1 is 1.40 bits per heavy atom. The Hall–Kier alpha value is -2.74. The number of rotatable bonds is 4. The summed E-state index contributed by atoms with van der Waals surface area (Å²) in [5, 5.41) is 25.3. The summed E-state index contributed by atoms with van der Waals surface area (Å²) in [7, 11) is 0. The van der Waals surface area contributed by atoms with E-state index < -0.39 is 30.6 Å². The van der Waals surface area contributed by atoms with Crippen LogP contribution in [-0.2, 0) is 14.3 Å². The van der Waals surface area contributed by atoms with Crippen LogP contribution in [0.1, 0.15) is 43.9 Å². The molecule has 3 aliphatic rings. The summed E-state index contributed by atoms with van der Waals surface area (Å²) in [6.07, 6.45) is 2.44. The molecule has 0 bridgehead atoms. The lowest BCUT2D eigenvalue weighted by atomic mass is 9.52. The molecule has 0 unspecified atom stereocenters. The van der Waals surface area contributed by atoms with Gasteiger partial charge in [-0.15, -0.1) is 0 Å². The zero-order valence-electron chi connectivity index (χ0n) is 16.3. The van der Waals surface area contributed by atoms with Gasteiger partial charge in [0.25, 0.3) is 0 Å². The molecule has 0 radical (unpaired) electrons. The van der Waals surface area contributed by atoms with E-state index in [0.717, 1.165) is 25.7 Å². The molecule has 1 spiro atoms.